The number of pyridine rings is 1. The van der Waals surface area contributed by atoms with Crippen molar-refractivity contribution in [1.29, 1.82) is 0 Å². The number of nitrogens with two attached hydrogens (primary N) is 1. The summed E-state index contributed by atoms with van der Waals surface area (Å²) >= 11 is 6.33. The lowest BCUT2D eigenvalue weighted by atomic mass is 9.48. The lowest BCUT2D eigenvalue weighted by Gasteiger charge is -2.62. The molecule has 1 unspecified atom stereocenters. The summed E-state index contributed by atoms with van der Waals surface area (Å²) in [6.07, 6.45) is 5.69. The minimum Gasteiger partial charge on any atom is -0.487 e. The second-order valence-corrected chi connectivity index (χ2v) is 8.99. The lowest BCUT2D eigenvalue weighted by Crippen LogP contribution is -2.66. The van der Waals surface area contributed by atoms with Gasteiger partial charge in [0.25, 0.3) is 6.02 Å². The Bertz CT molecular complexity index is 983. The first kappa shape index (κ1) is 17.8. The van der Waals surface area contributed by atoms with Gasteiger partial charge in [-0.15, -0.1) is 0 Å². The molecule has 28 heavy (non-hydrogen) atoms. The highest BCUT2D eigenvalue weighted by Gasteiger charge is 2.69. The minimum atomic E-state index is -0.504. The summed E-state index contributed by atoms with van der Waals surface area (Å²) in [5.41, 5.74) is 8.11. The average molecular weight is 398 g/mol. The number of amidine groups is 1. The molecule has 1 atom stereocenters. The van der Waals surface area contributed by atoms with Gasteiger partial charge in [0, 0.05) is 23.6 Å². The third-order valence-corrected chi connectivity index (χ3v) is 7.29. The predicted octanol–water partition coefficient (Wildman–Crippen LogP) is 4.21. The molecule has 2 spiro atoms. The molecular weight excluding hydrogens is 374 g/mol. The van der Waals surface area contributed by atoms with Crippen LogP contribution < -0.4 is 10.5 Å². The number of benzene rings is 1. The molecule has 5 nitrogen and oxygen atoms in total. The fraction of sp³-hybridized carbons (Fsp3) is 0.455. The molecule has 3 aliphatic rings. The van der Waals surface area contributed by atoms with E-state index in [0.717, 1.165) is 35.4 Å². The van der Waals surface area contributed by atoms with Gasteiger partial charge in [-0.2, -0.15) is 0 Å². The zero-order chi connectivity index (χ0) is 19.6. The Labute approximate surface area is 169 Å². The monoisotopic (exact) mass is 397 g/mol. The van der Waals surface area contributed by atoms with Crippen LogP contribution >= 0.6 is 11.6 Å². The number of ether oxygens (including phenoxy) is 2. The highest BCUT2D eigenvalue weighted by Crippen LogP contribution is 2.67. The van der Waals surface area contributed by atoms with E-state index in [-0.39, 0.29) is 17.0 Å². The summed E-state index contributed by atoms with van der Waals surface area (Å²) < 4.78 is 12.3. The van der Waals surface area contributed by atoms with Crippen LogP contribution in [0.5, 0.6) is 5.75 Å². The van der Waals surface area contributed by atoms with Crippen LogP contribution in [0, 0.1) is 5.41 Å². The average Bonchev–Trinajstić information content (AvgIpc) is 2.98. The largest absolute Gasteiger partial charge is 0.487 e. The van der Waals surface area contributed by atoms with Gasteiger partial charge in [0.2, 0.25) is 0 Å². The van der Waals surface area contributed by atoms with E-state index < -0.39 is 5.54 Å². The number of fused-ring (bicyclic) bond motifs is 3. The normalized spacial score (nSPS) is 26.2. The van der Waals surface area contributed by atoms with Crippen LogP contribution in [-0.2, 0) is 16.7 Å². The van der Waals surface area contributed by atoms with Crippen molar-refractivity contribution in [3.8, 4) is 5.75 Å². The highest BCUT2D eigenvalue weighted by molar-refractivity contribution is 6.31. The van der Waals surface area contributed by atoms with Gasteiger partial charge in [0.1, 0.15) is 23.5 Å². The van der Waals surface area contributed by atoms with Gasteiger partial charge < -0.3 is 15.2 Å². The Kier molecular flexibility index (Phi) is 3.73. The SMILES string of the molecule is CC1(C)Oc2ccc(Cc3ncccc3Cl)cc2C2(COC(N)=N2)C12CCC2. The minimum absolute atomic E-state index is 0.116. The molecule has 2 N–H and O–H groups in total. The summed E-state index contributed by atoms with van der Waals surface area (Å²) in [7, 11) is 0. The molecular formula is C22H24ClN3O2. The molecule has 0 radical (unpaired) electrons. The van der Waals surface area contributed by atoms with Crippen molar-refractivity contribution in [3.05, 3.63) is 58.4 Å². The van der Waals surface area contributed by atoms with Crippen LogP contribution in [0.3, 0.4) is 0 Å². The molecule has 6 heteroatoms. The second kappa shape index (κ2) is 5.86. The Hall–Kier alpha value is -2.27. The van der Waals surface area contributed by atoms with Gasteiger partial charge in [-0.3, -0.25) is 4.98 Å². The summed E-state index contributed by atoms with van der Waals surface area (Å²) in [6.45, 7) is 4.80. The molecule has 0 amide bonds. The van der Waals surface area contributed by atoms with Crippen molar-refractivity contribution in [3.63, 3.8) is 0 Å². The Morgan fingerprint density at radius 2 is 2.04 bits per heavy atom. The molecule has 2 aliphatic heterocycles. The maximum atomic E-state index is 6.52. The van der Waals surface area contributed by atoms with Crippen molar-refractivity contribution in [1.82, 2.24) is 4.98 Å². The number of rotatable bonds is 2. The Morgan fingerprint density at radius 3 is 2.68 bits per heavy atom. The van der Waals surface area contributed by atoms with Crippen molar-refractivity contribution in [2.75, 3.05) is 6.61 Å². The number of hydrogen-bond acceptors (Lipinski definition) is 5. The van der Waals surface area contributed by atoms with Crippen LogP contribution in [0.4, 0.5) is 0 Å². The molecule has 3 heterocycles. The van der Waals surface area contributed by atoms with Crippen LogP contribution in [0.2, 0.25) is 5.02 Å². The molecule has 1 aliphatic carbocycles. The topological polar surface area (TPSA) is 69.7 Å². The fourth-order valence-electron chi connectivity index (χ4n) is 5.33. The summed E-state index contributed by atoms with van der Waals surface area (Å²) in [5.74, 6) is 0.862. The highest BCUT2D eigenvalue weighted by atomic mass is 35.5. The number of aliphatic imine (C=N–C) groups is 1. The van der Waals surface area contributed by atoms with Gasteiger partial charge in [-0.1, -0.05) is 24.1 Å². The smallest absolute Gasteiger partial charge is 0.283 e. The van der Waals surface area contributed by atoms with E-state index in [0.29, 0.717) is 18.1 Å². The standard InChI is InChI=1S/C22H24ClN3O2/c1-20(2)21(8-4-9-21)22(13-27-19(24)26-22)15-11-14(6-7-18(15)28-20)12-17-16(23)5-3-10-25-17/h3,5-7,10-11H,4,8-9,12-13H2,1-2H3,(H2,24,26). The number of aromatic nitrogens is 1. The second-order valence-electron chi connectivity index (χ2n) is 8.59. The van der Waals surface area contributed by atoms with E-state index in [1.807, 2.05) is 18.2 Å². The van der Waals surface area contributed by atoms with E-state index >= 15 is 0 Å². The maximum absolute atomic E-state index is 6.52. The molecule has 146 valence electrons. The van der Waals surface area contributed by atoms with Gasteiger partial charge in [0.05, 0.1) is 10.7 Å². The van der Waals surface area contributed by atoms with Crippen molar-refractivity contribution in [2.45, 2.75) is 50.7 Å². The first-order valence-electron chi connectivity index (χ1n) is 9.77. The van der Waals surface area contributed by atoms with Crippen molar-refractivity contribution < 1.29 is 9.47 Å². The molecule has 0 saturated heterocycles. The van der Waals surface area contributed by atoms with Gasteiger partial charge in [0.15, 0.2) is 0 Å². The van der Waals surface area contributed by atoms with Crippen molar-refractivity contribution >= 4 is 17.6 Å². The summed E-state index contributed by atoms with van der Waals surface area (Å²) in [4.78, 5) is 9.34. The predicted molar refractivity (Wildman–Crippen MR) is 109 cm³/mol. The van der Waals surface area contributed by atoms with E-state index in [1.54, 1.807) is 6.20 Å². The molecule has 5 rings (SSSR count). The van der Waals surface area contributed by atoms with Crippen molar-refractivity contribution in [2.24, 2.45) is 16.1 Å². The van der Waals surface area contributed by atoms with Crippen LogP contribution in [0.15, 0.2) is 41.5 Å². The van der Waals surface area contributed by atoms with Crippen LogP contribution in [-0.4, -0.2) is 23.2 Å². The fourth-order valence-corrected chi connectivity index (χ4v) is 5.52. The van der Waals surface area contributed by atoms with E-state index in [1.165, 1.54) is 6.42 Å². The molecule has 1 saturated carbocycles. The Balaban J connectivity index is 1.65. The van der Waals surface area contributed by atoms with Crippen LogP contribution in [0.1, 0.15) is 49.9 Å². The van der Waals surface area contributed by atoms with Crippen LogP contribution in [0.25, 0.3) is 0 Å². The third-order valence-electron chi connectivity index (χ3n) is 6.94. The van der Waals surface area contributed by atoms with Gasteiger partial charge in [-0.25, -0.2) is 4.99 Å². The van der Waals surface area contributed by atoms with E-state index in [4.69, 9.17) is 31.8 Å². The molecule has 0 bridgehead atoms. The summed E-state index contributed by atoms with van der Waals surface area (Å²) in [6, 6.07) is 10.3. The zero-order valence-electron chi connectivity index (χ0n) is 16.2. The van der Waals surface area contributed by atoms with E-state index in [2.05, 4.69) is 31.0 Å². The quantitative estimate of drug-likeness (QED) is 0.824. The summed E-state index contributed by atoms with van der Waals surface area (Å²) in [5, 5.41) is 0.675. The maximum Gasteiger partial charge on any atom is 0.283 e. The molecule has 1 aromatic carbocycles. The third kappa shape index (κ3) is 2.26. The molecule has 2 aromatic rings. The number of halogens is 1. The Morgan fingerprint density at radius 1 is 1.21 bits per heavy atom. The molecule has 1 aromatic heterocycles. The number of hydrogen-bond donors (Lipinski definition) is 1. The first-order chi connectivity index (χ1) is 13.4. The van der Waals surface area contributed by atoms with Gasteiger partial charge in [-0.05, 0) is 56.5 Å². The molecule has 1 fully saturated rings. The lowest BCUT2D eigenvalue weighted by molar-refractivity contribution is -0.157. The first-order valence-corrected chi connectivity index (χ1v) is 10.1. The van der Waals surface area contributed by atoms with E-state index in [9.17, 15) is 0 Å². The number of nitrogens with zero attached hydrogens (tertiary/aromatic N) is 2. The zero-order valence-corrected chi connectivity index (χ0v) is 16.9. The van der Waals surface area contributed by atoms with Gasteiger partial charge >= 0.3 is 0 Å².